The molecule has 1 aliphatic rings. The summed E-state index contributed by atoms with van der Waals surface area (Å²) >= 11 is 3.41. The minimum absolute atomic E-state index is 0.180. The second kappa shape index (κ2) is 5.80. The Bertz CT molecular complexity index is 621. The summed E-state index contributed by atoms with van der Waals surface area (Å²) in [5, 5.41) is 0. The van der Waals surface area contributed by atoms with E-state index in [-0.39, 0.29) is 5.91 Å². The first kappa shape index (κ1) is 13.4. The Hall–Kier alpha value is -1.61. The number of nitrogens with zero attached hydrogens (tertiary/aromatic N) is 1. The second-order valence-electron chi connectivity index (χ2n) is 5.08. The minimum Gasteiger partial charge on any atom is -0.312 e. The van der Waals surface area contributed by atoms with Gasteiger partial charge in [0.1, 0.15) is 0 Å². The number of para-hydroxylation sites is 1. The molecule has 2 nitrogen and oxygen atoms in total. The summed E-state index contributed by atoms with van der Waals surface area (Å²) in [6.45, 7) is 0.826. The Morgan fingerprint density at radius 2 is 1.85 bits per heavy atom. The van der Waals surface area contributed by atoms with E-state index in [2.05, 4.69) is 22.0 Å². The molecule has 0 saturated carbocycles. The van der Waals surface area contributed by atoms with Gasteiger partial charge >= 0.3 is 0 Å². The van der Waals surface area contributed by atoms with Crippen molar-refractivity contribution in [1.82, 2.24) is 0 Å². The van der Waals surface area contributed by atoms with Gasteiger partial charge in [-0.05, 0) is 42.2 Å². The van der Waals surface area contributed by atoms with Crippen LogP contribution in [0, 0.1) is 0 Å². The van der Waals surface area contributed by atoms with Crippen LogP contribution in [0.25, 0.3) is 0 Å². The fraction of sp³-hybridized carbons (Fsp3) is 0.235. The molecule has 0 atom stereocenters. The monoisotopic (exact) mass is 329 g/mol. The maximum atomic E-state index is 12.5. The van der Waals surface area contributed by atoms with Gasteiger partial charge in [0.25, 0.3) is 0 Å². The first-order valence-corrected chi connectivity index (χ1v) is 7.66. The summed E-state index contributed by atoms with van der Waals surface area (Å²) < 4.78 is 1.04. The Labute approximate surface area is 127 Å². The van der Waals surface area contributed by atoms with Gasteiger partial charge in [-0.25, -0.2) is 0 Å². The Kier molecular flexibility index (Phi) is 3.88. The smallest absolute Gasteiger partial charge is 0.231 e. The molecule has 0 aliphatic carbocycles. The maximum absolute atomic E-state index is 12.5. The normalized spacial score (nSPS) is 13.9. The summed E-state index contributed by atoms with van der Waals surface area (Å²) in [6, 6.07) is 16.2. The van der Waals surface area contributed by atoms with Crippen molar-refractivity contribution in [1.29, 1.82) is 0 Å². The first-order chi connectivity index (χ1) is 9.74. The molecule has 3 rings (SSSR count). The van der Waals surface area contributed by atoms with Crippen molar-refractivity contribution in [2.75, 3.05) is 11.4 Å². The van der Waals surface area contributed by atoms with Crippen molar-refractivity contribution in [2.45, 2.75) is 19.3 Å². The fourth-order valence-electron chi connectivity index (χ4n) is 2.66. The molecule has 3 heteroatoms. The number of hydrogen-bond acceptors (Lipinski definition) is 1. The molecular formula is C17H16BrNO. The van der Waals surface area contributed by atoms with Crippen LogP contribution < -0.4 is 4.90 Å². The third-order valence-electron chi connectivity index (χ3n) is 3.68. The van der Waals surface area contributed by atoms with E-state index in [9.17, 15) is 4.79 Å². The number of rotatable bonds is 2. The van der Waals surface area contributed by atoms with Crippen LogP contribution in [0.15, 0.2) is 53.0 Å². The predicted octanol–water partition coefficient (Wildman–Crippen LogP) is 3.97. The lowest BCUT2D eigenvalue weighted by Crippen LogP contribution is -2.36. The van der Waals surface area contributed by atoms with Crippen molar-refractivity contribution in [3.05, 3.63) is 64.1 Å². The third-order valence-corrected chi connectivity index (χ3v) is 4.21. The zero-order chi connectivity index (χ0) is 13.9. The van der Waals surface area contributed by atoms with E-state index in [0.29, 0.717) is 6.42 Å². The standard InChI is InChI=1S/C17H16BrNO/c18-15-9-7-13(8-10-15)12-17(20)19-11-3-5-14-4-1-2-6-16(14)19/h1-2,4,6-10H,3,5,11-12H2. The van der Waals surface area contributed by atoms with Crippen molar-refractivity contribution < 1.29 is 4.79 Å². The molecule has 0 aromatic heterocycles. The van der Waals surface area contributed by atoms with Crippen molar-refractivity contribution in [3.63, 3.8) is 0 Å². The number of hydrogen-bond donors (Lipinski definition) is 0. The number of anilines is 1. The molecule has 0 unspecified atom stereocenters. The van der Waals surface area contributed by atoms with Crippen LogP contribution >= 0.6 is 15.9 Å². The van der Waals surface area contributed by atoms with E-state index in [1.165, 1.54) is 5.56 Å². The van der Waals surface area contributed by atoms with Crippen LogP contribution in [0.2, 0.25) is 0 Å². The van der Waals surface area contributed by atoms with Crippen LogP contribution in [0.1, 0.15) is 17.5 Å². The van der Waals surface area contributed by atoms with Gasteiger partial charge in [-0.2, -0.15) is 0 Å². The highest BCUT2D eigenvalue weighted by atomic mass is 79.9. The van der Waals surface area contributed by atoms with Crippen LogP contribution in [-0.2, 0) is 17.6 Å². The number of amides is 1. The van der Waals surface area contributed by atoms with Crippen molar-refractivity contribution in [3.8, 4) is 0 Å². The highest BCUT2D eigenvalue weighted by Gasteiger charge is 2.21. The zero-order valence-electron chi connectivity index (χ0n) is 11.2. The van der Waals surface area contributed by atoms with E-state index in [1.807, 2.05) is 47.4 Å². The molecule has 0 spiro atoms. The van der Waals surface area contributed by atoms with E-state index >= 15 is 0 Å². The summed E-state index contributed by atoms with van der Waals surface area (Å²) in [5.74, 6) is 0.180. The molecule has 2 aromatic rings. The largest absolute Gasteiger partial charge is 0.312 e. The first-order valence-electron chi connectivity index (χ1n) is 6.87. The van der Waals surface area contributed by atoms with E-state index in [4.69, 9.17) is 0 Å². The third kappa shape index (κ3) is 2.78. The second-order valence-corrected chi connectivity index (χ2v) is 6.00. The quantitative estimate of drug-likeness (QED) is 0.816. The Morgan fingerprint density at radius 3 is 2.65 bits per heavy atom. The molecule has 1 amide bonds. The minimum atomic E-state index is 0.180. The van der Waals surface area contributed by atoms with E-state index in [1.54, 1.807) is 0 Å². The lowest BCUT2D eigenvalue weighted by molar-refractivity contribution is -0.118. The van der Waals surface area contributed by atoms with Gasteiger partial charge in [-0.15, -0.1) is 0 Å². The van der Waals surface area contributed by atoms with Gasteiger partial charge in [0.15, 0.2) is 0 Å². The van der Waals surface area contributed by atoms with E-state index in [0.717, 1.165) is 35.1 Å². The van der Waals surface area contributed by atoms with Gasteiger partial charge in [0.05, 0.1) is 6.42 Å². The number of aryl methyl sites for hydroxylation is 1. The fourth-order valence-corrected chi connectivity index (χ4v) is 2.93. The summed E-state index contributed by atoms with van der Waals surface area (Å²) in [4.78, 5) is 14.5. The molecular weight excluding hydrogens is 314 g/mol. The van der Waals surface area contributed by atoms with Crippen LogP contribution in [0.4, 0.5) is 5.69 Å². The average Bonchev–Trinajstić information content (AvgIpc) is 2.49. The SMILES string of the molecule is O=C(Cc1ccc(Br)cc1)N1CCCc2ccccc21. The lowest BCUT2D eigenvalue weighted by atomic mass is 10.0. The molecule has 0 bridgehead atoms. The number of carbonyl (C=O) groups is 1. The van der Waals surface area contributed by atoms with Crippen molar-refractivity contribution >= 4 is 27.5 Å². The molecule has 20 heavy (non-hydrogen) atoms. The van der Waals surface area contributed by atoms with Gasteiger partial charge in [-0.1, -0.05) is 46.3 Å². The molecule has 0 N–H and O–H groups in total. The highest BCUT2D eigenvalue weighted by molar-refractivity contribution is 9.10. The summed E-state index contributed by atoms with van der Waals surface area (Å²) in [7, 11) is 0. The molecule has 2 aromatic carbocycles. The van der Waals surface area contributed by atoms with Gasteiger partial charge in [0, 0.05) is 16.7 Å². The molecule has 1 aliphatic heterocycles. The Balaban J connectivity index is 1.80. The van der Waals surface area contributed by atoms with Gasteiger partial charge < -0.3 is 4.90 Å². The molecule has 0 fully saturated rings. The van der Waals surface area contributed by atoms with Gasteiger partial charge in [-0.3, -0.25) is 4.79 Å². The molecule has 102 valence electrons. The molecule has 0 saturated heterocycles. The Morgan fingerprint density at radius 1 is 1.10 bits per heavy atom. The number of benzene rings is 2. The molecule has 0 radical (unpaired) electrons. The average molecular weight is 330 g/mol. The zero-order valence-corrected chi connectivity index (χ0v) is 12.8. The maximum Gasteiger partial charge on any atom is 0.231 e. The molecule has 1 heterocycles. The van der Waals surface area contributed by atoms with Crippen LogP contribution in [0.3, 0.4) is 0 Å². The highest BCUT2D eigenvalue weighted by Crippen LogP contribution is 2.27. The number of carbonyl (C=O) groups excluding carboxylic acids is 1. The summed E-state index contributed by atoms with van der Waals surface area (Å²) in [5.41, 5.74) is 3.42. The lowest BCUT2D eigenvalue weighted by Gasteiger charge is -2.29. The summed E-state index contributed by atoms with van der Waals surface area (Å²) in [6.07, 6.45) is 2.57. The van der Waals surface area contributed by atoms with Crippen LogP contribution in [0.5, 0.6) is 0 Å². The van der Waals surface area contributed by atoms with Crippen molar-refractivity contribution in [2.24, 2.45) is 0 Å². The van der Waals surface area contributed by atoms with Crippen LogP contribution in [-0.4, -0.2) is 12.5 Å². The number of fused-ring (bicyclic) bond motifs is 1. The van der Waals surface area contributed by atoms with Gasteiger partial charge in [0.2, 0.25) is 5.91 Å². The predicted molar refractivity (Wildman–Crippen MR) is 85.0 cm³/mol. The number of halogens is 1. The topological polar surface area (TPSA) is 20.3 Å². The van der Waals surface area contributed by atoms with E-state index < -0.39 is 0 Å².